The predicted molar refractivity (Wildman–Crippen MR) is 166 cm³/mol. The second kappa shape index (κ2) is 14.4. The summed E-state index contributed by atoms with van der Waals surface area (Å²) in [6, 6.07) is 16.9. The van der Waals surface area contributed by atoms with Crippen molar-refractivity contribution in [2.75, 3.05) is 43.5 Å². The molecular weight excluding hydrogens is 558 g/mol. The summed E-state index contributed by atoms with van der Waals surface area (Å²) in [6.45, 7) is 6.92. The Labute approximate surface area is 249 Å². The first-order valence-electron chi connectivity index (χ1n) is 13.8. The molecule has 1 amide bonds. The highest BCUT2D eigenvalue weighted by molar-refractivity contribution is 7.22. The summed E-state index contributed by atoms with van der Waals surface area (Å²) in [5, 5.41) is 7.70. The summed E-state index contributed by atoms with van der Waals surface area (Å²) in [7, 11) is 0. The van der Waals surface area contributed by atoms with Crippen molar-refractivity contribution < 1.29 is 14.3 Å². The Bertz CT molecular complexity index is 1490. The third-order valence-corrected chi connectivity index (χ3v) is 8.01. The summed E-state index contributed by atoms with van der Waals surface area (Å²) in [5.41, 5.74) is 3.93. The van der Waals surface area contributed by atoms with E-state index >= 15 is 0 Å². The third-order valence-electron chi connectivity index (χ3n) is 6.85. The minimum Gasteiger partial charge on any atom is -0.485 e. The highest BCUT2D eigenvalue weighted by Gasteiger charge is 2.14. The molecule has 2 aromatic heterocycles. The smallest absolute Gasteiger partial charge is 0.251 e. The number of nitrogens with zero attached hydrogens (tertiary/aromatic N) is 3. The van der Waals surface area contributed by atoms with Crippen molar-refractivity contribution in [2.45, 2.75) is 32.8 Å². The number of hydrogen-bond acceptors (Lipinski definition) is 8. The second-order valence-electron chi connectivity index (χ2n) is 9.76. The Morgan fingerprint density at radius 1 is 1.15 bits per heavy atom. The number of amides is 1. The minimum absolute atomic E-state index is 0.0605. The van der Waals surface area contributed by atoms with E-state index in [1.807, 2.05) is 61.5 Å². The highest BCUT2D eigenvalue weighted by atomic mass is 35.5. The van der Waals surface area contributed by atoms with Gasteiger partial charge in [-0.2, -0.15) is 0 Å². The maximum Gasteiger partial charge on any atom is 0.251 e. The normalized spacial score (nSPS) is 14.2. The molecule has 0 atom stereocenters. The molecule has 1 saturated heterocycles. The quantitative estimate of drug-likeness (QED) is 0.135. The van der Waals surface area contributed by atoms with Crippen LogP contribution in [0.15, 0.2) is 72.4 Å². The van der Waals surface area contributed by atoms with Crippen LogP contribution in [0.4, 0.5) is 16.5 Å². The molecule has 2 N–H and O–H groups in total. The number of hydrogen-bond donors (Lipinski definition) is 2. The lowest BCUT2D eigenvalue weighted by atomic mass is 10.1. The number of anilines is 3. The van der Waals surface area contributed by atoms with E-state index in [-0.39, 0.29) is 5.91 Å². The number of allylic oxidation sites excluding steroid dienone is 1. The molecule has 2 aromatic carbocycles. The first-order valence-corrected chi connectivity index (χ1v) is 15.0. The summed E-state index contributed by atoms with van der Waals surface area (Å²) in [6.07, 6.45) is 6.45. The van der Waals surface area contributed by atoms with Crippen molar-refractivity contribution >= 4 is 55.6 Å². The van der Waals surface area contributed by atoms with Crippen LogP contribution in [-0.2, 0) is 16.1 Å². The third kappa shape index (κ3) is 8.27. The lowest BCUT2D eigenvalue weighted by molar-refractivity contribution is -0.113. The van der Waals surface area contributed by atoms with E-state index in [1.165, 1.54) is 11.3 Å². The zero-order valence-corrected chi connectivity index (χ0v) is 24.6. The lowest BCUT2D eigenvalue weighted by Crippen LogP contribution is -2.36. The molecule has 3 heterocycles. The van der Waals surface area contributed by atoms with Gasteiger partial charge in [0.15, 0.2) is 5.13 Å². The summed E-state index contributed by atoms with van der Waals surface area (Å²) in [5.74, 6) is 0.589. The van der Waals surface area contributed by atoms with E-state index in [2.05, 4.69) is 20.5 Å². The van der Waals surface area contributed by atoms with Crippen LogP contribution in [0.1, 0.15) is 31.9 Å². The average Bonchev–Trinajstić information content (AvgIpc) is 3.39. The molecule has 0 bridgehead atoms. The van der Waals surface area contributed by atoms with Gasteiger partial charge in [-0.25, -0.2) is 4.98 Å². The van der Waals surface area contributed by atoms with Gasteiger partial charge in [0.2, 0.25) is 0 Å². The van der Waals surface area contributed by atoms with Gasteiger partial charge in [-0.15, -0.1) is 0 Å². The van der Waals surface area contributed by atoms with Crippen molar-refractivity contribution in [3.63, 3.8) is 0 Å². The topological polar surface area (TPSA) is 88.6 Å². The van der Waals surface area contributed by atoms with Crippen LogP contribution < -0.4 is 15.4 Å². The van der Waals surface area contributed by atoms with Crippen LogP contribution in [0.5, 0.6) is 5.75 Å². The summed E-state index contributed by atoms with van der Waals surface area (Å²) >= 11 is 7.78. The molecule has 41 heavy (non-hydrogen) atoms. The number of fused-ring (bicyclic) bond motifs is 1. The maximum atomic E-state index is 13.0. The summed E-state index contributed by atoms with van der Waals surface area (Å²) in [4.78, 5) is 24.5. The standard InChI is InChI=1S/C31H34ClN5O3S/c1-2-22(7-4-6-14-37-15-17-39-18-16-37)30(38)34-24-10-11-26-29(20-24)41-31(35-26)36-27-19-23(32)9-12-28(27)40-21-25-8-3-5-13-33-25/h2-3,5,8-13,19-20H,4,6-7,14-18,21H2,1H3,(H,34,38)(H,35,36). The Morgan fingerprint density at radius 2 is 2.02 bits per heavy atom. The van der Waals surface area contributed by atoms with Gasteiger partial charge in [-0.3, -0.25) is 14.7 Å². The number of rotatable bonds is 12. The van der Waals surface area contributed by atoms with E-state index in [0.717, 1.165) is 79.3 Å². The Morgan fingerprint density at radius 3 is 2.83 bits per heavy atom. The number of pyridine rings is 1. The first-order chi connectivity index (χ1) is 20.1. The lowest BCUT2D eigenvalue weighted by Gasteiger charge is -2.26. The molecule has 1 fully saturated rings. The van der Waals surface area contributed by atoms with E-state index < -0.39 is 0 Å². The molecule has 0 radical (unpaired) electrons. The van der Waals surface area contributed by atoms with Gasteiger partial charge in [0, 0.05) is 35.6 Å². The van der Waals surface area contributed by atoms with Crippen molar-refractivity contribution in [3.8, 4) is 5.75 Å². The van der Waals surface area contributed by atoms with Gasteiger partial charge in [0.05, 0.1) is 34.8 Å². The fourth-order valence-corrected chi connectivity index (χ4v) is 5.70. The van der Waals surface area contributed by atoms with Crippen LogP contribution in [0.3, 0.4) is 0 Å². The Balaban J connectivity index is 1.19. The SMILES string of the molecule is CC=C(CCCCN1CCOCC1)C(=O)Nc1ccc2nc(Nc3cc(Cl)ccc3OCc3ccccn3)sc2c1. The van der Waals surface area contributed by atoms with E-state index in [9.17, 15) is 4.79 Å². The van der Waals surface area contributed by atoms with Crippen molar-refractivity contribution in [1.82, 2.24) is 14.9 Å². The fourth-order valence-electron chi connectivity index (χ4n) is 4.61. The average molecular weight is 592 g/mol. The van der Waals surface area contributed by atoms with Crippen molar-refractivity contribution in [3.05, 3.63) is 83.2 Å². The molecule has 0 spiro atoms. The number of carbonyl (C=O) groups is 1. The first kappa shape index (κ1) is 29.0. The molecule has 0 aliphatic carbocycles. The minimum atomic E-state index is -0.0605. The highest BCUT2D eigenvalue weighted by Crippen LogP contribution is 2.35. The molecule has 214 valence electrons. The molecule has 5 rings (SSSR count). The van der Waals surface area contributed by atoms with Gasteiger partial charge in [-0.1, -0.05) is 35.1 Å². The number of morpholine rings is 1. The van der Waals surface area contributed by atoms with Gasteiger partial charge < -0.3 is 20.1 Å². The van der Waals surface area contributed by atoms with E-state index in [0.29, 0.717) is 28.2 Å². The van der Waals surface area contributed by atoms with Gasteiger partial charge in [0.25, 0.3) is 5.91 Å². The zero-order chi connectivity index (χ0) is 28.4. The number of nitrogens with one attached hydrogen (secondary N) is 2. The molecule has 0 saturated carbocycles. The number of benzene rings is 2. The van der Waals surface area contributed by atoms with Crippen molar-refractivity contribution in [1.29, 1.82) is 0 Å². The Hall–Kier alpha value is -3.50. The second-order valence-corrected chi connectivity index (χ2v) is 11.2. The molecule has 1 aliphatic rings. The van der Waals surface area contributed by atoms with Gasteiger partial charge >= 0.3 is 0 Å². The number of thiazole rings is 1. The molecule has 10 heteroatoms. The van der Waals surface area contributed by atoms with E-state index in [4.69, 9.17) is 26.1 Å². The number of halogens is 1. The number of aromatic nitrogens is 2. The summed E-state index contributed by atoms with van der Waals surface area (Å²) < 4.78 is 12.4. The van der Waals surface area contributed by atoms with Crippen molar-refractivity contribution in [2.24, 2.45) is 0 Å². The van der Waals surface area contributed by atoms with Gasteiger partial charge in [0.1, 0.15) is 12.4 Å². The zero-order valence-electron chi connectivity index (χ0n) is 23.1. The Kier molecular flexibility index (Phi) is 10.2. The monoisotopic (exact) mass is 591 g/mol. The maximum absolute atomic E-state index is 13.0. The van der Waals surface area contributed by atoms with Crippen LogP contribution in [0.2, 0.25) is 5.02 Å². The van der Waals surface area contributed by atoms with Crippen LogP contribution in [-0.4, -0.2) is 53.6 Å². The molecule has 0 unspecified atom stereocenters. The number of ether oxygens (including phenoxy) is 2. The molecule has 4 aromatic rings. The van der Waals surface area contributed by atoms with Crippen LogP contribution in [0.25, 0.3) is 10.2 Å². The molecule has 1 aliphatic heterocycles. The van der Waals surface area contributed by atoms with Crippen LogP contribution in [0, 0.1) is 0 Å². The number of unbranched alkanes of at least 4 members (excludes halogenated alkanes) is 1. The van der Waals surface area contributed by atoms with E-state index in [1.54, 1.807) is 12.3 Å². The predicted octanol–water partition coefficient (Wildman–Crippen LogP) is 7.05. The molecule has 8 nitrogen and oxygen atoms in total. The molecular formula is C31H34ClN5O3S. The van der Waals surface area contributed by atoms with Gasteiger partial charge in [-0.05, 0) is 81.3 Å². The largest absolute Gasteiger partial charge is 0.485 e. The number of carbonyl (C=O) groups excluding carboxylic acids is 1. The fraction of sp³-hybridized carbons (Fsp3) is 0.323. The van der Waals surface area contributed by atoms with Crippen LogP contribution >= 0.6 is 22.9 Å².